The van der Waals surface area contributed by atoms with Gasteiger partial charge in [-0.3, -0.25) is 14.5 Å². The smallest absolute Gasteiger partial charge is 0.328 e. The summed E-state index contributed by atoms with van der Waals surface area (Å²) in [6.07, 6.45) is 1.84. The quantitative estimate of drug-likeness (QED) is 0.572. The van der Waals surface area contributed by atoms with Crippen molar-refractivity contribution in [1.29, 1.82) is 0 Å². The molecule has 0 aromatic heterocycles. The van der Waals surface area contributed by atoms with Gasteiger partial charge in [-0.05, 0) is 61.7 Å². The van der Waals surface area contributed by atoms with Gasteiger partial charge in [-0.2, -0.15) is 0 Å². The van der Waals surface area contributed by atoms with E-state index >= 15 is 0 Å². The lowest BCUT2D eigenvalue weighted by molar-refractivity contribution is -0.150. The molecule has 8 heteroatoms. The summed E-state index contributed by atoms with van der Waals surface area (Å²) in [6, 6.07) is 13.3. The fourth-order valence-electron chi connectivity index (χ4n) is 3.37. The third-order valence-corrected chi connectivity index (χ3v) is 5.11. The zero-order chi connectivity index (χ0) is 22.4. The van der Waals surface area contributed by atoms with E-state index in [1.165, 1.54) is 6.92 Å². The number of anilines is 2. The first-order valence-corrected chi connectivity index (χ1v) is 10.6. The molecule has 0 heterocycles. The number of nitrogens with zero attached hydrogens (tertiary/aromatic N) is 1. The van der Waals surface area contributed by atoms with Crippen molar-refractivity contribution >= 4 is 40.8 Å². The van der Waals surface area contributed by atoms with E-state index in [-0.39, 0.29) is 37.0 Å². The van der Waals surface area contributed by atoms with Gasteiger partial charge < -0.3 is 15.4 Å². The monoisotopic (exact) mass is 443 g/mol. The third-order valence-electron chi connectivity index (χ3n) is 4.86. The summed E-state index contributed by atoms with van der Waals surface area (Å²) in [5, 5.41) is 6.11. The maximum Gasteiger partial charge on any atom is 0.328 e. The molecule has 0 bridgehead atoms. The highest BCUT2D eigenvalue weighted by molar-refractivity contribution is 6.30. The maximum atomic E-state index is 12.8. The minimum absolute atomic E-state index is 0.0459. The van der Waals surface area contributed by atoms with Crippen LogP contribution in [0.5, 0.6) is 0 Å². The molecule has 0 unspecified atom stereocenters. The van der Waals surface area contributed by atoms with Crippen molar-refractivity contribution in [2.24, 2.45) is 0 Å². The summed E-state index contributed by atoms with van der Waals surface area (Å²) in [5.41, 5.74) is 1.99. The van der Waals surface area contributed by atoms with Crippen LogP contribution < -0.4 is 10.6 Å². The van der Waals surface area contributed by atoms with Crippen LogP contribution >= 0.6 is 11.6 Å². The summed E-state index contributed by atoms with van der Waals surface area (Å²) in [4.78, 5) is 38.6. The Balaban J connectivity index is 1.74. The van der Waals surface area contributed by atoms with E-state index in [2.05, 4.69) is 10.6 Å². The first-order valence-electron chi connectivity index (χ1n) is 10.2. The number of hydrogen-bond donors (Lipinski definition) is 2. The van der Waals surface area contributed by atoms with Crippen molar-refractivity contribution in [3.63, 3.8) is 0 Å². The van der Waals surface area contributed by atoms with Gasteiger partial charge in [0, 0.05) is 29.4 Å². The number of ether oxygens (including phenoxy) is 1. The van der Waals surface area contributed by atoms with Crippen LogP contribution in [0.15, 0.2) is 48.5 Å². The molecule has 1 atom stereocenters. The SMILES string of the molecule is CCOC(=O)[C@H](c1ccc(Cl)cc1)N(CC(=O)Nc1ccc(NC(C)=O)cc1)C1CC1. The molecular weight excluding hydrogens is 418 g/mol. The van der Waals surface area contributed by atoms with Gasteiger partial charge in [-0.15, -0.1) is 0 Å². The molecule has 2 aromatic carbocycles. The second-order valence-electron chi connectivity index (χ2n) is 7.42. The van der Waals surface area contributed by atoms with E-state index in [0.29, 0.717) is 16.4 Å². The second kappa shape index (κ2) is 10.4. The minimum atomic E-state index is -0.683. The summed E-state index contributed by atoms with van der Waals surface area (Å²) < 4.78 is 5.31. The molecule has 0 saturated heterocycles. The molecule has 164 valence electrons. The lowest BCUT2D eigenvalue weighted by atomic mass is 10.0. The standard InChI is InChI=1S/C23H26ClN3O4/c1-3-31-23(30)22(16-4-6-17(24)7-5-16)27(20-12-13-20)14-21(29)26-19-10-8-18(9-11-19)25-15(2)28/h4-11,20,22H,3,12-14H2,1-2H3,(H,25,28)(H,26,29)/t22-/m0/s1. The molecule has 2 amide bonds. The predicted molar refractivity (Wildman–Crippen MR) is 120 cm³/mol. The molecule has 1 saturated carbocycles. The zero-order valence-corrected chi connectivity index (χ0v) is 18.3. The minimum Gasteiger partial charge on any atom is -0.465 e. The van der Waals surface area contributed by atoms with Crippen LogP contribution in [0.2, 0.25) is 5.02 Å². The molecule has 1 fully saturated rings. The number of halogens is 1. The molecule has 31 heavy (non-hydrogen) atoms. The Hall–Kier alpha value is -2.90. The van der Waals surface area contributed by atoms with Crippen molar-refractivity contribution in [2.75, 3.05) is 23.8 Å². The second-order valence-corrected chi connectivity index (χ2v) is 7.85. The Labute approximate surface area is 186 Å². The zero-order valence-electron chi connectivity index (χ0n) is 17.6. The van der Waals surface area contributed by atoms with E-state index in [0.717, 1.165) is 18.4 Å². The van der Waals surface area contributed by atoms with E-state index in [1.54, 1.807) is 55.5 Å². The van der Waals surface area contributed by atoms with Gasteiger partial charge in [0.15, 0.2) is 0 Å². The molecule has 1 aliphatic rings. The fourth-order valence-corrected chi connectivity index (χ4v) is 3.50. The van der Waals surface area contributed by atoms with Crippen LogP contribution in [0.25, 0.3) is 0 Å². The Morgan fingerprint density at radius 3 is 2.13 bits per heavy atom. The number of amides is 2. The van der Waals surface area contributed by atoms with Crippen molar-refractivity contribution in [2.45, 2.75) is 38.8 Å². The van der Waals surface area contributed by atoms with Crippen molar-refractivity contribution in [1.82, 2.24) is 4.90 Å². The summed E-state index contributed by atoms with van der Waals surface area (Å²) in [5.74, 6) is -0.782. The molecule has 2 N–H and O–H groups in total. The van der Waals surface area contributed by atoms with Crippen molar-refractivity contribution in [3.8, 4) is 0 Å². The Morgan fingerprint density at radius 1 is 1.03 bits per heavy atom. The molecule has 3 rings (SSSR count). The van der Waals surface area contributed by atoms with Crippen LogP contribution in [-0.4, -0.2) is 41.9 Å². The normalized spacial score (nSPS) is 14.1. The Kier molecular flexibility index (Phi) is 7.65. The first kappa shape index (κ1) is 22.8. The van der Waals surface area contributed by atoms with Gasteiger partial charge in [0.1, 0.15) is 6.04 Å². The van der Waals surface area contributed by atoms with Crippen LogP contribution in [0.4, 0.5) is 11.4 Å². The number of hydrogen-bond acceptors (Lipinski definition) is 5. The van der Waals surface area contributed by atoms with Gasteiger partial charge in [-0.25, -0.2) is 4.79 Å². The third kappa shape index (κ3) is 6.54. The Morgan fingerprint density at radius 2 is 1.61 bits per heavy atom. The van der Waals surface area contributed by atoms with Crippen LogP contribution in [-0.2, 0) is 19.1 Å². The lowest BCUT2D eigenvalue weighted by Gasteiger charge is -2.30. The van der Waals surface area contributed by atoms with E-state index in [4.69, 9.17) is 16.3 Å². The van der Waals surface area contributed by atoms with Crippen molar-refractivity contribution < 1.29 is 19.1 Å². The summed E-state index contributed by atoms with van der Waals surface area (Å²) in [6.45, 7) is 3.50. The van der Waals surface area contributed by atoms with Gasteiger partial charge in [0.05, 0.1) is 13.2 Å². The largest absolute Gasteiger partial charge is 0.465 e. The number of esters is 1. The topological polar surface area (TPSA) is 87.7 Å². The number of carbonyl (C=O) groups excluding carboxylic acids is 3. The average molecular weight is 444 g/mol. The highest BCUT2D eigenvalue weighted by atomic mass is 35.5. The highest BCUT2D eigenvalue weighted by Crippen LogP contribution is 2.35. The number of rotatable bonds is 9. The van der Waals surface area contributed by atoms with Gasteiger partial charge >= 0.3 is 5.97 Å². The number of benzene rings is 2. The Bertz CT molecular complexity index is 927. The fraction of sp³-hybridized carbons (Fsp3) is 0.348. The van der Waals surface area contributed by atoms with Crippen LogP contribution in [0.1, 0.15) is 38.3 Å². The van der Waals surface area contributed by atoms with Crippen molar-refractivity contribution in [3.05, 3.63) is 59.1 Å². The molecule has 0 spiro atoms. The van der Waals surface area contributed by atoms with E-state index in [1.807, 2.05) is 4.90 Å². The van der Waals surface area contributed by atoms with Crippen LogP contribution in [0.3, 0.4) is 0 Å². The molecule has 0 radical (unpaired) electrons. The molecular formula is C23H26ClN3O4. The van der Waals surface area contributed by atoms with Gasteiger partial charge in [0.2, 0.25) is 11.8 Å². The molecule has 0 aliphatic heterocycles. The van der Waals surface area contributed by atoms with Crippen LogP contribution in [0, 0.1) is 0 Å². The molecule has 2 aromatic rings. The number of carbonyl (C=O) groups is 3. The summed E-state index contributed by atoms with van der Waals surface area (Å²) >= 11 is 6.01. The number of nitrogens with one attached hydrogen (secondary N) is 2. The lowest BCUT2D eigenvalue weighted by Crippen LogP contribution is -2.41. The van der Waals surface area contributed by atoms with E-state index in [9.17, 15) is 14.4 Å². The molecule has 1 aliphatic carbocycles. The molecule has 7 nitrogen and oxygen atoms in total. The van der Waals surface area contributed by atoms with Gasteiger partial charge in [0.25, 0.3) is 0 Å². The van der Waals surface area contributed by atoms with Gasteiger partial charge in [-0.1, -0.05) is 23.7 Å². The predicted octanol–water partition coefficient (Wildman–Crippen LogP) is 4.01. The van der Waals surface area contributed by atoms with E-state index < -0.39 is 6.04 Å². The first-order chi connectivity index (χ1) is 14.9. The highest BCUT2D eigenvalue weighted by Gasteiger charge is 2.40. The average Bonchev–Trinajstić information content (AvgIpc) is 3.55. The summed E-state index contributed by atoms with van der Waals surface area (Å²) in [7, 11) is 0. The maximum absolute atomic E-state index is 12.8.